The van der Waals surface area contributed by atoms with Crippen molar-refractivity contribution in [3.8, 4) is 5.75 Å². The summed E-state index contributed by atoms with van der Waals surface area (Å²) in [6.45, 7) is 3.36. The Morgan fingerprint density at radius 3 is 2.84 bits per heavy atom. The summed E-state index contributed by atoms with van der Waals surface area (Å²) in [5.74, 6) is 1.93. The molecular formula is C17H27NO. The second kappa shape index (κ2) is 7.54. The molecule has 106 valence electrons. The maximum absolute atomic E-state index is 5.31. The molecule has 1 aliphatic rings. The molecule has 2 rings (SSSR count). The zero-order chi connectivity index (χ0) is 13.5. The van der Waals surface area contributed by atoms with Crippen LogP contribution in [0, 0.1) is 5.92 Å². The fraction of sp³-hybridized carbons (Fsp3) is 0.647. The average molecular weight is 261 g/mol. The summed E-state index contributed by atoms with van der Waals surface area (Å²) in [7, 11) is 1.74. The van der Waals surface area contributed by atoms with E-state index in [-0.39, 0.29) is 0 Å². The van der Waals surface area contributed by atoms with Crippen LogP contribution in [-0.2, 0) is 6.42 Å². The maximum Gasteiger partial charge on any atom is 0.119 e. The summed E-state index contributed by atoms with van der Waals surface area (Å²) in [6.07, 6.45) is 7.96. The van der Waals surface area contributed by atoms with Crippen LogP contribution in [0.3, 0.4) is 0 Å². The van der Waals surface area contributed by atoms with Gasteiger partial charge < -0.3 is 10.1 Å². The van der Waals surface area contributed by atoms with E-state index >= 15 is 0 Å². The zero-order valence-corrected chi connectivity index (χ0v) is 12.3. The number of ether oxygens (including phenoxy) is 1. The van der Waals surface area contributed by atoms with Crippen molar-refractivity contribution in [1.82, 2.24) is 5.32 Å². The molecule has 1 aliphatic carbocycles. The SMILES string of the molecule is CCCNC(Cc1cccc(OC)c1)CC1CCC1. The lowest BCUT2D eigenvalue weighted by atomic mass is 9.80. The Kier molecular flexibility index (Phi) is 5.71. The van der Waals surface area contributed by atoms with Crippen molar-refractivity contribution < 1.29 is 4.74 Å². The van der Waals surface area contributed by atoms with Crippen molar-refractivity contribution in [1.29, 1.82) is 0 Å². The van der Waals surface area contributed by atoms with Crippen molar-refractivity contribution in [3.63, 3.8) is 0 Å². The Morgan fingerprint density at radius 1 is 1.37 bits per heavy atom. The van der Waals surface area contributed by atoms with Gasteiger partial charge in [-0.15, -0.1) is 0 Å². The van der Waals surface area contributed by atoms with Crippen molar-refractivity contribution in [2.75, 3.05) is 13.7 Å². The fourth-order valence-electron chi connectivity index (χ4n) is 2.80. The highest BCUT2D eigenvalue weighted by Gasteiger charge is 2.22. The first-order chi connectivity index (χ1) is 9.31. The number of hydrogen-bond acceptors (Lipinski definition) is 2. The van der Waals surface area contributed by atoms with Crippen molar-refractivity contribution in [2.45, 2.75) is 51.5 Å². The summed E-state index contributed by atoms with van der Waals surface area (Å²) in [4.78, 5) is 0. The Balaban J connectivity index is 1.92. The summed E-state index contributed by atoms with van der Waals surface area (Å²) >= 11 is 0. The number of rotatable bonds is 8. The molecule has 0 amide bonds. The van der Waals surface area contributed by atoms with Gasteiger partial charge in [-0.25, -0.2) is 0 Å². The van der Waals surface area contributed by atoms with E-state index in [0.717, 1.165) is 24.6 Å². The predicted molar refractivity (Wildman–Crippen MR) is 80.7 cm³/mol. The van der Waals surface area contributed by atoms with Gasteiger partial charge in [-0.05, 0) is 49.4 Å². The largest absolute Gasteiger partial charge is 0.497 e. The Hall–Kier alpha value is -1.02. The summed E-state index contributed by atoms with van der Waals surface area (Å²) in [5, 5.41) is 3.71. The fourth-order valence-corrected chi connectivity index (χ4v) is 2.80. The number of methoxy groups -OCH3 is 1. The standard InChI is InChI=1S/C17H27NO/c1-3-10-18-16(11-14-6-4-7-14)12-15-8-5-9-17(13-15)19-2/h5,8-9,13-14,16,18H,3-4,6-7,10-12H2,1-2H3. The van der Waals surface area contributed by atoms with E-state index in [4.69, 9.17) is 4.74 Å². The molecule has 0 heterocycles. The molecule has 1 atom stereocenters. The van der Waals surface area contributed by atoms with Crippen LogP contribution >= 0.6 is 0 Å². The number of nitrogens with one attached hydrogen (secondary N) is 1. The molecule has 19 heavy (non-hydrogen) atoms. The van der Waals surface area contributed by atoms with Gasteiger partial charge in [-0.3, -0.25) is 0 Å². The lowest BCUT2D eigenvalue weighted by molar-refractivity contribution is 0.259. The van der Waals surface area contributed by atoms with E-state index in [1.807, 2.05) is 6.07 Å². The van der Waals surface area contributed by atoms with E-state index in [2.05, 4.69) is 30.4 Å². The highest BCUT2D eigenvalue weighted by molar-refractivity contribution is 5.29. The maximum atomic E-state index is 5.31. The molecule has 1 aromatic carbocycles. The van der Waals surface area contributed by atoms with Gasteiger partial charge in [-0.1, -0.05) is 38.3 Å². The van der Waals surface area contributed by atoms with Crippen molar-refractivity contribution in [3.05, 3.63) is 29.8 Å². The first-order valence-electron chi connectivity index (χ1n) is 7.68. The number of hydrogen-bond donors (Lipinski definition) is 1. The van der Waals surface area contributed by atoms with Gasteiger partial charge in [-0.2, -0.15) is 0 Å². The van der Waals surface area contributed by atoms with Crippen molar-refractivity contribution in [2.24, 2.45) is 5.92 Å². The monoisotopic (exact) mass is 261 g/mol. The first kappa shape index (κ1) is 14.4. The smallest absolute Gasteiger partial charge is 0.119 e. The average Bonchev–Trinajstić information content (AvgIpc) is 2.40. The van der Waals surface area contributed by atoms with Crippen LogP contribution < -0.4 is 10.1 Å². The molecule has 0 saturated heterocycles. The minimum absolute atomic E-state index is 0.623. The molecule has 1 saturated carbocycles. The van der Waals surface area contributed by atoms with E-state index in [0.29, 0.717) is 6.04 Å². The van der Waals surface area contributed by atoms with Crippen LogP contribution in [0.2, 0.25) is 0 Å². The number of benzene rings is 1. The summed E-state index contributed by atoms with van der Waals surface area (Å²) in [6, 6.07) is 9.11. The molecule has 0 aliphatic heterocycles. The predicted octanol–water partition coefficient (Wildman–Crippen LogP) is 3.80. The first-order valence-corrected chi connectivity index (χ1v) is 7.68. The molecule has 2 heteroatoms. The van der Waals surface area contributed by atoms with Gasteiger partial charge in [0.05, 0.1) is 7.11 Å². The molecular weight excluding hydrogens is 234 g/mol. The lowest BCUT2D eigenvalue weighted by Crippen LogP contribution is -2.35. The van der Waals surface area contributed by atoms with E-state index in [1.165, 1.54) is 37.7 Å². The Bertz CT molecular complexity index is 373. The van der Waals surface area contributed by atoms with Crippen LogP contribution in [0.4, 0.5) is 0 Å². The van der Waals surface area contributed by atoms with Crippen LogP contribution in [0.25, 0.3) is 0 Å². The van der Waals surface area contributed by atoms with Crippen LogP contribution in [-0.4, -0.2) is 19.7 Å². The highest BCUT2D eigenvalue weighted by Crippen LogP contribution is 2.31. The second-order valence-corrected chi connectivity index (χ2v) is 5.74. The molecule has 0 radical (unpaired) electrons. The molecule has 1 fully saturated rings. The van der Waals surface area contributed by atoms with Crippen LogP contribution in [0.5, 0.6) is 5.75 Å². The third-order valence-electron chi connectivity index (χ3n) is 4.14. The minimum atomic E-state index is 0.623. The molecule has 1 aromatic rings. The van der Waals surface area contributed by atoms with Gasteiger partial charge in [0.1, 0.15) is 5.75 Å². The second-order valence-electron chi connectivity index (χ2n) is 5.74. The molecule has 2 nitrogen and oxygen atoms in total. The molecule has 0 aromatic heterocycles. The third kappa shape index (κ3) is 4.54. The minimum Gasteiger partial charge on any atom is -0.497 e. The topological polar surface area (TPSA) is 21.3 Å². The van der Waals surface area contributed by atoms with Gasteiger partial charge in [0.25, 0.3) is 0 Å². The summed E-state index contributed by atoms with van der Waals surface area (Å²) in [5.41, 5.74) is 1.38. The van der Waals surface area contributed by atoms with Gasteiger partial charge in [0, 0.05) is 6.04 Å². The van der Waals surface area contributed by atoms with E-state index < -0.39 is 0 Å². The van der Waals surface area contributed by atoms with Gasteiger partial charge in [0.15, 0.2) is 0 Å². The molecule has 0 spiro atoms. The lowest BCUT2D eigenvalue weighted by Gasteiger charge is -2.30. The van der Waals surface area contributed by atoms with Crippen LogP contribution in [0.1, 0.15) is 44.6 Å². The normalized spacial score (nSPS) is 16.9. The molecule has 0 bridgehead atoms. The van der Waals surface area contributed by atoms with E-state index in [1.54, 1.807) is 7.11 Å². The van der Waals surface area contributed by atoms with Crippen molar-refractivity contribution >= 4 is 0 Å². The Labute approximate surface area is 117 Å². The van der Waals surface area contributed by atoms with Gasteiger partial charge in [0.2, 0.25) is 0 Å². The van der Waals surface area contributed by atoms with Gasteiger partial charge >= 0.3 is 0 Å². The third-order valence-corrected chi connectivity index (χ3v) is 4.14. The highest BCUT2D eigenvalue weighted by atomic mass is 16.5. The van der Waals surface area contributed by atoms with E-state index in [9.17, 15) is 0 Å². The Morgan fingerprint density at radius 2 is 2.21 bits per heavy atom. The zero-order valence-electron chi connectivity index (χ0n) is 12.3. The summed E-state index contributed by atoms with van der Waals surface area (Å²) < 4.78 is 5.31. The quantitative estimate of drug-likeness (QED) is 0.768. The molecule has 1 unspecified atom stereocenters. The molecule has 1 N–H and O–H groups in total. The van der Waals surface area contributed by atoms with Crippen LogP contribution in [0.15, 0.2) is 24.3 Å².